The quantitative estimate of drug-likeness (QED) is 0.0460. The average molecular weight is 1200 g/mol. The van der Waals surface area contributed by atoms with Crippen molar-refractivity contribution in [1.29, 1.82) is 10.5 Å². The highest BCUT2D eigenvalue weighted by Crippen LogP contribution is 2.39. The fraction of sp³-hybridized carbons (Fsp3) is 0.517. The maximum atomic E-state index is 13.8. The maximum Gasteiger partial charge on any atom is 0.314 e. The molecule has 442 valence electrons. The van der Waals surface area contributed by atoms with Crippen LogP contribution in [0.2, 0.25) is 10.0 Å². The summed E-state index contributed by atoms with van der Waals surface area (Å²) in [4.78, 5) is 33.7. The molecular weight excluding hydrogens is 1130 g/mol. The number of unbranched alkanes of at least 4 members (excludes halogenated alkanes) is 1. The van der Waals surface area contributed by atoms with Crippen LogP contribution in [-0.2, 0) is 42.6 Å². The molecule has 0 saturated carbocycles. The number of likely N-dealkylation sites (N-methyl/N-ethyl adjacent to an activating group) is 2. The van der Waals surface area contributed by atoms with Crippen LogP contribution >= 0.6 is 23.2 Å². The number of rotatable bonds is 25. The third kappa shape index (κ3) is 16.7. The smallest absolute Gasteiger partial charge is 0.314 e. The average Bonchev–Trinajstić information content (AvgIpc) is 4.14. The van der Waals surface area contributed by atoms with Crippen molar-refractivity contribution in [1.82, 2.24) is 50.3 Å². The van der Waals surface area contributed by atoms with Crippen molar-refractivity contribution in [3.63, 3.8) is 0 Å². The molecule has 0 aromatic heterocycles. The Morgan fingerprint density at radius 3 is 1.39 bits per heavy atom. The summed E-state index contributed by atoms with van der Waals surface area (Å²) >= 11 is 12.8. The van der Waals surface area contributed by atoms with Gasteiger partial charge in [-0.25, -0.2) is 35.9 Å². The van der Waals surface area contributed by atoms with Gasteiger partial charge in [0, 0.05) is 113 Å². The first-order valence-electron chi connectivity index (χ1n) is 28.0. The number of likely N-dealkylation sites (tertiary alicyclic amines) is 2. The van der Waals surface area contributed by atoms with E-state index in [9.17, 15) is 36.9 Å². The number of ether oxygens (including phenoxy) is 2. The molecule has 0 radical (unpaired) electrons. The summed E-state index contributed by atoms with van der Waals surface area (Å²) in [5, 5.41) is 31.7. The van der Waals surface area contributed by atoms with E-state index >= 15 is 0 Å². The van der Waals surface area contributed by atoms with E-state index < -0.39 is 20.0 Å². The molecule has 0 aliphatic carbocycles. The Morgan fingerprint density at radius 2 is 0.988 bits per heavy atom. The minimum atomic E-state index is -3.84. The highest BCUT2D eigenvalue weighted by Gasteiger charge is 2.34. The van der Waals surface area contributed by atoms with Crippen molar-refractivity contribution >= 4 is 55.3 Å². The van der Waals surface area contributed by atoms with Crippen molar-refractivity contribution in [3.05, 3.63) is 126 Å². The van der Waals surface area contributed by atoms with Crippen LogP contribution in [0.5, 0.6) is 0 Å². The number of hydrogen-bond donors (Lipinski definition) is 6. The lowest BCUT2D eigenvalue weighted by Gasteiger charge is -2.33. The van der Waals surface area contributed by atoms with E-state index in [0.29, 0.717) is 163 Å². The summed E-state index contributed by atoms with van der Waals surface area (Å²) in [7, 11) is -3.70. The molecule has 24 heteroatoms. The minimum Gasteiger partial charge on any atom is -0.378 e. The van der Waals surface area contributed by atoms with E-state index in [-0.39, 0.29) is 45.8 Å². The lowest BCUT2D eigenvalue weighted by molar-refractivity contribution is 0.113. The maximum absolute atomic E-state index is 13.8. The van der Waals surface area contributed by atoms with Gasteiger partial charge in [0.05, 0.1) is 59.5 Å². The monoisotopic (exact) mass is 1200 g/mol. The van der Waals surface area contributed by atoms with Gasteiger partial charge in [0.2, 0.25) is 20.0 Å². The zero-order chi connectivity index (χ0) is 58.6. The number of urea groups is 2. The first-order valence-corrected chi connectivity index (χ1v) is 31.7. The molecule has 8 rings (SSSR count). The van der Waals surface area contributed by atoms with E-state index in [1.807, 2.05) is 50.5 Å². The zero-order valence-electron chi connectivity index (χ0n) is 47.2. The summed E-state index contributed by atoms with van der Waals surface area (Å²) < 4.78 is 72.7. The summed E-state index contributed by atoms with van der Waals surface area (Å²) in [6, 6.07) is 21.7. The molecule has 4 aliphatic rings. The van der Waals surface area contributed by atoms with E-state index in [2.05, 4.69) is 62.4 Å². The van der Waals surface area contributed by atoms with Gasteiger partial charge in [0.1, 0.15) is 0 Å². The van der Waals surface area contributed by atoms with Crippen LogP contribution in [0.1, 0.15) is 93.2 Å². The first-order chi connectivity index (χ1) is 39.3. The van der Waals surface area contributed by atoms with Crippen molar-refractivity contribution in [3.8, 4) is 12.1 Å². The Kier molecular flexibility index (Phi) is 22.1. The number of halogens is 2. The van der Waals surface area contributed by atoms with Gasteiger partial charge in [0.25, 0.3) is 0 Å². The molecule has 20 nitrogen and oxygen atoms in total. The van der Waals surface area contributed by atoms with E-state index in [1.165, 1.54) is 0 Å². The number of carbonyl (C=O) groups is 2. The normalized spacial score (nSPS) is 19.7. The van der Waals surface area contributed by atoms with Gasteiger partial charge in [-0.1, -0.05) is 47.5 Å². The Labute approximate surface area is 493 Å². The lowest BCUT2D eigenvalue weighted by atomic mass is 9.83. The molecule has 4 atom stereocenters. The van der Waals surface area contributed by atoms with Crippen LogP contribution in [0.4, 0.5) is 9.59 Å². The number of fused-ring (bicyclic) bond motifs is 2. The summed E-state index contributed by atoms with van der Waals surface area (Å²) in [5.41, 5.74) is 7.79. The Hall–Kier alpha value is -5.44. The van der Waals surface area contributed by atoms with E-state index in [0.717, 1.165) is 46.5 Å². The summed E-state index contributed by atoms with van der Waals surface area (Å²) in [6.07, 6.45) is 2.66. The SMILES string of the molecule is Cc1ccc(C2CN(C)Cc3c(C#N)cc(Cl)cc32)cc1S(=O)(=O)N[C@@H]1CCN(CCOCCNC(=O)NCCCCNC(=O)NCCOCCN2CC[C@@H](NS(=O)(=O)c3cc(C4CN(C)Cc5c(C#N)cc(Cl)cc54)ccc3C)C2)C1. The molecule has 2 unspecified atom stereocenters. The van der Waals surface area contributed by atoms with Crippen molar-refractivity contribution in [2.24, 2.45) is 0 Å². The predicted molar refractivity (Wildman–Crippen MR) is 315 cm³/mol. The number of hydrogen-bond acceptors (Lipinski definition) is 14. The second-order valence-electron chi connectivity index (χ2n) is 21.9. The van der Waals surface area contributed by atoms with Gasteiger partial charge in [-0.3, -0.25) is 9.80 Å². The van der Waals surface area contributed by atoms with Crippen molar-refractivity contribution in [2.45, 2.75) is 86.3 Å². The highest BCUT2D eigenvalue weighted by molar-refractivity contribution is 7.89. The second kappa shape index (κ2) is 28.9. The Bertz CT molecular complexity index is 3040. The van der Waals surface area contributed by atoms with Gasteiger partial charge in [-0.2, -0.15) is 10.5 Å². The van der Waals surface area contributed by atoms with Gasteiger partial charge in [-0.05, 0) is 148 Å². The Balaban J connectivity index is 0.626. The topological polar surface area (TPSA) is 254 Å². The molecule has 6 N–H and O–H groups in total. The summed E-state index contributed by atoms with van der Waals surface area (Å²) in [5.74, 6) is -0.297. The molecule has 0 spiro atoms. The van der Waals surface area contributed by atoms with Gasteiger partial charge >= 0.3 is 12.1 Å². The highest BCUT2D eigenvalue weighted by atomic mass is 35.5. The minimum absolute atomic E-state index is 0.149. The number of nitriles is 2. The van der Waals surface area contributed by atoms with Gasteiger partial charge < -0.3 is 40.5 Å². The molecule has 2 fully saturated rings. The number of benzene rings is 4. The molecule has 4 aromatic rings. The van der Waals surface area contributed by atoms with Crippen molar-refractivity contribution < 1.29 is 35.9 Å². The fourth-order valence-electron chi connectivity index (χ4n) is 11.5. The third-order valence-electron chi connectivity index (χ3n) is 15.7. The van der Waals surface area contributed by atoms with Crippen LogP contribution in [0.25, 0.3) is 0 Å². The number of aryl methyl sites for hydroxylation is 2. The number of sulfonamides is 2. The zero-order valence-corrected chi connectivity index (χ0v) is 50.3. The molecular formula is C58H76Cl2N12O8S2. The molecule has 4 aliphatic heterocycles. The van der Waals surface area contributed by atoms with E-state index in [4.69, 9.17) is 32.7 Å². The van der Waals surface area contributed by atoms with Gasteiger partial charge in [0.15, 0.2) is 0 Å². The number of nitrogens with zero attached hydrogens (tertiary/aromatic N) is 6. The van der Waals surface area contributed by atoms with Gasteiger partial charge in [-0.15, -0.1) is 0 Å². The van der Waals surface area contributed by atoms with Crippen LogP contribution in [-0.4, -0.2) is 180 Å². The number of carbonyl (C=O) groups excluding carboxylic acids is 2. The largest absolute Gasteiger partial charge is 0.378 e. The van der Waals surface area contributed by atoms with Crippen LogP contribution in [0.3, 0.4) is 0 Å². The fourth-order valence-corrected chi connectivity index (χ4v) is 15.0. The molecule has 4 heterocycles. The van der Waals surface area contributed by atoms with Crippen molar-refractivity contribution in [2.75, 3.05) is 119 Å². The molecule has 0 bridgehead atoms. The van der Waals surface area contributed by atoms with Crippen LogP contribution < -0.4 is 30.7 Å². The Morgan fingerprint density at radius 1 is 0.585 bits per heavy atom. The molecule has 4 amide bonds. The number of amides is 4. The van der Waals surface area contributed by atoms with E-state index in [1.54, 1.807) is 38.1 Å². The molecule has 82 heavy (non-hydrogen) atoms. The summed E-state index contributed by atoms with van der Waals surface area (Å²) in [6.45, 7) is 13.0. The number of nitrogens with one attached hydrogen (secondary N) is 6. The first kappa shape index (κ1) is 62.6. The molecule has 2 saturated heterocycles. The predicted octanol–water partition coefficient (Wildman–Crippen LogP) is 5.33. The lowest BCUT2D eigenvalue weighted by Crippen LogP contribution is -2.39. The molecule has 4 aromatic carbocycles. The van der Waals surface area contributed by atoms with Crippen LogP contribution in [0, 0.1) is 36.5 Å². The van der Waals surface area contributed by atoms with Crippen LogP contribution in [0.15, 0.2) is 70.5 Å². The third-order valence-corrected chi connectivity index (χ3v) is 19.4. The standard InChI is InChI=1S/C58H76Cl2N12O8S2/c1-39-7-9-41(51-35-69(3)37-53-43(31-61)25-45(59)29-49(51)53)27-55(39)81(75,76)67-47-11-17-71(33-47)19-23-79-21-15-65-57(73)63-13-5-6-14-64-58(74)66-16-22-80-24-20-72-18-12-48(34-72)68-82(77,78)56-28-42(10-8-40(56)2)52-36-70(4)38-54-44(32-62)26-46(60)30-50(52)54/h7-10,25-30,47-48,51-52,67-68H,5-6,11-24,33-38H2,1-4H3,(H2,63,65,73)(H2,64,66,74)/t47-,48-,51?,52?/m1/s1. The second-order valence-corrected chi connectivity index (χ2v) is 26.2.